The molecule has 0 spiro atoms. The number of aliphatic hydroxyl groups is 1. The summed E-state index contributed by atoms with van der Waals surface area (Å²) in [6, 6.07) is 7.94. The van der Waals surface area contributed by atoms with Crippen LogP contribution in [0.15, 0.2) is 60.5 Å². The maximum Gasteiger partial charge on any atom is 0.319 e. The number of benzene rings is 1. The van der Waals surface area contributed by atoms with Crippen LogP contribution in [0.5, 0.6) is 11.5 Å². The number of anilines is 1. The van der Waals surface area contributed by atoms with Gasteiger partial charge in [0.2, 0.25) is 0 Å². The molecular formula is C31H33FN6O4S. The van der Waals surface area contributed by atoms with Crippen LogP contribution >= 0.6 is 11.3 Å². The Morgan fingerprint density at radius 3 is 2.65 bits per heavy atom. The minimum Gasteiger partial charge on any atom is -0.453 e. The fourth-order valence-electron chi connectivity index (χ4n) is 5.32. The Morgan fingerprint density at radius 1 is 1.14 bits per heavy atom. The Labute approximate surface area is 252 Å². The number of ether oxygens (including phenoxy) is 1. The summed E-state index contributed by atoms with van der Waals surface area (Å²) in [5, 5.41) is 19.1. The van der Waals surface area contributed by atoms with Crippen LogP contribution in [0.2, 0.25) is 0 Å². The van der Waals surface area contributed by atoms with Gasteiger partial charge in [0.15, 0.2) is 11.6 Å². The first-order valence-electron chi connectivity index (χ1n) is 14.6. The third kappa shape index (κ3) is 6.22. The minimum atomic E-state index is -1.10. The van der Waals surface area contributed by atoms with Crippen LogP contribution in [-0.4, -0.2) is 76.2 Å². The highest BCUT2D eigenvalue weighted by Crippen LogP contribution is 2.39. The Balaban J connectivity index is 0.960. The second-order valence-corrected chi connectivity index (χ2v) is 12.7. The lowest BCUT2D eigenvalue weighted by atomic mass is 10.1. The molecule has 3 aromatic rings. The van der Waals surface area contributed by atoms with Gasteiger partial charge in [-0.1, -0.05) is 12.2 Å². The smallest absolute Gasteiger partial charge is 0.319 e. The number of fused-ring (bicyclic) bond motifs is 1. The largest absolute Gasteiger partial charge is 0.453 e. The van der Waals surface area contributed by atoms with E-state index < -0.39 is 11.4 Å². The Morgan fingerprint density at radius 2 is 1.95 bits per heavy atom. The van der Waals surface area contributed by atoms with E-state index in [0.717, 1.165) is 53.1 Å². The van der Waals surface area contributed by atoms with Gasteiger partial charge in [0.25, 0.3) is 5.91 Å². The number of aromatic nitrogens is 1. The molecule has 3 amide bonds. The van der Waals surface area contributed by atoms with E-state index in [2.05, 4.69) is 38.0 Å². The summed E-state index contributed by atoms with van der Waals surface area (Å²) in [4.78, 5) is 34.0. The summed E-state index contributed by atoms with van der Waals surface area (Å²) in [6.07, 6.45) is 11.0. The summed E-state index contributed by atoms with van der Waals surface area (Å²) in [5.74, 6) is -0.124. The number of nitrogens with one attached hydrogen (secondary N) is 3. The third-order valence-electron chi connectivity index (χ3n) is 8.16. The second-order valence-electron chi connectivity index (χ2n) is 11.6. The van der Waals surface area contributed by atoms with Crippen molar-refractivity contribution in [2.45, 2.75) is 43.4 Å². The lowest BCUT2D eigenvalue weighted by Gasteiger charge is -2.36. The van der Waals surface area contributed by atoms with Crippen molar-refractivity contribution in [1.29, 1.82) is 0 Å². The van der Waals surface area contributed by atoms with Gasteiger partial charge in [0, 0.05) is 73.9 Å². The number of rotatable bonds is 8. The van der Waals surface area contributed by atoms with Gasteiger partial charge in [0.05, 0.1) is 16.3 Å². The Kier molecular flexibility index (Phi) is 7.28. The zero-order valence-electron chi connectivity index (χ0n) is 23.5. The number of piperazine rings is 1. The first-order valence-corrected chi connectivity index (χ1v) is 15.5. The molecule has 10 nitrogen and oxygen atoms in total. The number of pyridine rings is 1. The van der Waals surface area contributed by atoms with E-state index in [0.29, 0.717) is 37.4 Å². The zero-order chi connectivity index (χ0) is 29.6. The van der Waals surface area contributed by atoms with Crippen molar-refractivity contribution in [1.82, 2.24) is 25.4 Å². The number of nitrogens with zero attached hydrogens (tertiary/aromatic N) is 3. The molecule has 1 atom stereocenters. The van der Waals surface area contributed by atoms with Gasteiger partial charge >= 0.3 is 6.03 Å². The summed E-state index contributed by atoms with van der Waals surface area (Å²) in [7, 11) is 0. The van der Waals surface area contributed by atoms with Crippen LogP contribution < -0.4 is 20.7 Å². The summed E-state index contributed by atoms with van der Waals surface area (Å²) >= 11 is 1.54. The number of carbonyl (C=O) groups excluding carboxylic acids is 2. The van der Waals surface area contributed by atoms with Crippen molar-refractivity contribution in [3.05, 3.63) is 71.1 Å². The first-order chi connectivity index (χ1) is 20.8. The first kappa shape index (κ1) is 27.8. The molecule has 7 rings (SSSR count). The molecule has 2 saturated carbocycles. The number of carbonyl (C=O) groups is 2. The monoisotopic (exact) mass is 604 g/mol. The van der Waals surface area contributed by atoms with Crippen molar-refractivity contribution in [3.63, 3.8) is 0 Å². The number of hydrogen-bond acceptors (Lipinski definition) is 8. The molecule has 1 unspecified atom stereocenters. The number of amides is 3. The van der Waals surface area contributed by atoms with Crippen molar-refractivity contribution >= 4 is 39.2 Å². The van der Waals surface area contributed by atoms with Crippen molar-refractivity contribution in [2.75, 3.05) is 38.0 Å². The summed E-state index contributed by atoms with van der Waals surface area (Å²) in [5.41, 5.74) is 1.17. The van der Waals surface area contributed by atoms with Crippen LogP contribution in [0.25, 0.3) is 10.2 Å². The quantitative estimate of drug-likeness (QED) is 0.303. The minimum absolute atomic E-state index is 0.0339. The highest BCUT2D eigenvalue weighted by Gasteiger charge is 2.50. The van der Waals surface area contributed by atoms with Crippen molar-refractivity contribution in [3.8, 4) is 11.5 Å². The van der Waals surface area contributed by atoms with Gasteiger partial charge in [-0.15, -0.1) is 11.3 Å². The van der Waals surface area contributed by atoms with Crippen LogP contribution in [0.1, 0.15) is 36.6 Å². The second kappa shape index (κ2) is 11.3. The lowest BCUT2D eigenvalue weighted by Crippen LogP contribution is -2.52. The lowest BCUT2D eigenvalue weighted by molar-refractivity contribution is -0.144. The van der Waals surface area contributed by atoms with Gasteiger partial charge in [0.1, 0.15) is 11.4 Å². The van der Waals surface area contributed by atoms with E-state index in [9.17, 15) is 19.1 Å². The van der Waals surface area contributed by atoms with E-state index in [1.165, 1.54) is 23.5 Å². The molecular weight excluding hydrogens is 571 g/mol. The van der Waals surface area contributed by atoms with Crippen LogP contribution in [0, 0.1) is 5.82 Å². The van der Waals surface area contributed by atoms with E-state index in [1.54, 1.807) is 23.2 Å². The summed E-state index contributed by atoms with van der Waals surface area (Å²) < 4.78 is 21.7. The number of dihydropyridines is 1. The number of hydrogen-bond donors (Lipinski definition) is 4. The molecule has 4 aliphatic rings. The number of halogens is 1. The molecule has 2 aliphatic heterocycles. The standard InChI is InChI=1S/C31H33FN6O4S/c32-22-15-21(36-30(40)35-20-2-3-20)4-6-25(22)42-26-7-10-33-24-16-27(43-28(24)26)23-5-1-19(17-34-23)18-37-11-13-38(14-12-37)29(39)31(41)8-9-31/h1,4-7,10,15-17,20,23,34,41H,2-3,8-9,11-14,18H2,(H2,35,36,40). The number of urea groups is 1. The van der Waals surface area contributed by atoms with Gasteiger partial charge in [-0.2, -0.15) is 0 Å². The maximum absolute atomic E-state index is 14.9. The molecule has 224 valence electrons. The Bertz CT molecular complexity index is 1620. The molecule has 1 saturated heterocycles. The third-order valence-corrected chi connectivity index (χ3v) is 9.38. The topological polar surface area (TPSA) is 119 Å². The highest BCUT2D eigenvalue weighted by atomic mass is 32.1. The molecule has 4 heterocycles. The fraction of sp³-hybridized carbons (Fsp3) is 0.387. The molecule has 0 bridgehead atoms. The molecule has 4 N–H and O–H groups in total. The van der Waals surface area contributed by atoms with E-state index in [4.69, 9.17) is 4.74 Å². The van der Waals surface area contributed by atoms with Crippen molar-refractivity contribution < 1.29 is 23.8 Å². The van der Waals surface area contributed by atoms with E-state index >= 15 is 0 Å². The average Bonchev–Trinajstić information content (AvgIpc) is 3.93. The fourth-order valence-corrected chi connectivity index (χ4v) is 6.42. The van der Waals surface area contributed by atoms with Gasteiger partial charge < -0.3 is 30.7 Å². The molecule has 2 aromatic heterocycles. The molecule has 43 heavy (non-hydrogen) atoms. The van der Waals surface area contributed by atoms with Crippen molar-refractivity contribution in [2.24, 2.45) is 0 Å². The zero-order valence-corrected chi connectivity index (χ0v) is 24.3. The molecule has 3 fully saturated rings. The predicted molar refractivity (Wildman–Crippen MR) is 162 cm³/mol. The van der Waals surface area contributed by atoms with Gasteiger partial charge in [-0.3, -0.25) is 14.7 Å². The molecule has 2 aliphatic carbocycles. The SMILES string of the molecule is O=C(Nc1ccc(Oc2ccnc3cc(C4C=CC(CN5CCN(C(=O)C6(O)CC6)CC5)=CN4)sc23)c(F)c1)NC1CC1. The van der Waals surface area contributed by atoms with Crippen LogP contribution in [-0.2, 0) is 4.79 Å². The Hall–Kier alpha value is -4.00. The van der Waals surface area contributed by atoms with Crippen LogP contribution in [0.3, 0.4) is 0 Å². The van der Waals surface area contributed by atoms with Crippen LogP contribution in [0.4, 0.5) is 14.9 Å². The predicted octanol–water partition coefficient (Wildman–Crippen LogP) is 4.27. The maximum atomic E-state index is 14.9. The van der Waals surface area contributed by atoms with Gasteiger partial charge in [-0.25, -0.2) is 9.18 Å². The van der Waals surface area contributed by atoms with E-state index in [-0.39, 0.29) is 29.8 Å². The number of thiophene rings is 1. The van der Waals surface area contributed by atoms with E-state index in [1.807, 2.05) is 12.3 Å². The molecule has 1 aromatic carbocycles. The summed E-state index contributed by atoms with van der Waals surface area (Å²) in [6.45, 7) is 3.60. The normalized spacial score (nSPS) is 21.2. The van der Waals surface area contributed by atoms with Gasteiger partial charge in [-0.05, 0) is 49.5 Å². The molecule has 12 heteroatoms. The highest BCUT2D eigenvalue weighted by molar-refractivity contribution is 7.19. The average molecular weight is 605 g/mol. The molecule has 0 radical (unpaired) electrons.